The van der Waals surface area contributed by atoms with Crippen molar-refractivity contribution in [1.82, 2.24) is 14.5 Å². The predicted molar refractivity (Wildman–Crippen MR) is 113 cm³/mol. The van der Waals surface area contributed by atoms with Crippen LogP contribution in [0.4, 0.5) is 5.13 Å². The number of halogens is 1. The summed E-state index contributed by atoms with van der Waals surface area (Å²) in [6, 6.07) is 11.9. The maximum Gasteiger partial charge on any atom is 0.335 e. The molecule has 0 saturated carbocycles. The minimum atomic E-state index is -0.815. The first kappa shape index (κ1) is 18.9. The summed E-state index contributed by atoms with van der Waals surface area (Å²) in [6.45, 7) is 0. The van der Waals surface area contributed by atoms with Crippen molar-refractivity contribution in [2.45, 2.75) is 0 Å². The molecule has 0 amide bonds. The highest BCUT2D eigenvalue weighted by Gasteiger charge is 2.16. The van der Waals surface area contributed by atoms with Crippen LogP contribution in [0.1, 0.15) is 5.56 Å². The number of rotatable bonds is 4. The highest BCUT2D eigenvalue weighted by Crippen LogP contribution is 2.31. The van der Waals surface area contributed by atoms with E-state index in [1.807, 2.05) is 6.07 Å². The summed E-state index contributed by atoms with van der Waals surface area (Å²) in [7, 11) is 1.57. The van der Waals surface area contributed by atoms with Crippen molar-refractivity contribution in [3.05, 3.63) is 73.9 Å². The van der Waals surface area contributed by atoms with E-state index < -0.39 is 17.1 Å². The van der Waals surface area contributed by atoms with Crippen LogP contribution in [0.15, 0.2) is 57.0 Å². The Balaban J connectivity index is 1.80. The van der Waals surface area contributed by atoms with Gasteiger partial charge >= 0.3 is 5.69 Å². The van der Waals surface area contributed by atoms with Gasteiger partial charge in [0.05, 0.1) is 28.0 Å². The van der Waals surface area contributed by atoms with E-state index in [1.54, 1.807) is 43.5 Å². The molecular weight excluding hydrogens is 416 g/mol. The minimum Gasteiger partial charge on any atom is -0.497 e. The smallest absolute Gasteiger partial charge is 0.335 e. The molecule has 10 heteroatoms. The number of H-pyrrole nitrogens is 1. The lowest BCUT2D eigenvalue weighted by Crippen LogP contribution is -2.31. The van der Waals surface area contributed by atoms with Crippen LogP contribution in [-0.4, -0.2) is 33.0 Å². The number of nitrogens with one attached hydrogen (secondary N) is 1. The highest BCUT2D eigenvalue weighted by atomic mass is 35.5. The van der Waals surface area contributed by atoms with Gasteiger partial charge in [-0.05, 0) is 30.3 Å². The molecule has 2 N–H and O–H groups in total. The molecule has 8 nitrogen and oxygen atoms in total. The van der Waals surface area contributed by atoms with Crippen molar-refractivity contribution in [2.75, 3.05) is 7.11 Å². The number of methoxy groups -OCH3 is 1. The molecule has 29 heavy (non-hydrogen) atoms. The van der Waals surface area contributed by atoms with Gasteiger partial charge in [-0.15, -0.1) is 0 Å². The Morgan fingerprint density at radius 2 is 2.07 bits per heavy atom. The number of ether oxygens (including phenoxy) is 1. The largest absolute Gasteiger partial charge is 0.497 e. The van der Waals surface area contributed by atoms with E-state index in [2.05, 4.69) is 15.0 Å². The van der Waals surface area contributed by atoms with Gasteiger partial charge < -0.3 is 9.84 Å². The Bertz CT molecular complexity index is 1370. The van der Waals surface area contributed by atoms with E-state index in [0.29, 0.717) is 10.9 Å². The van der Waals surface area contributed by atoms with E-state index in [0.717, 1.165) is 21.0 Å². The highest BCUT2D eigenvalue weighted by molar-refractivity contribution is 7.22. The van der Waals surface area contributed by atoms with Crippen molar-refractivity contribution < 1.29 is 9.84 Å². The van der Waals surface area contributed by atoms with E-state index >= 15 is 0 Å². The third-order valence-electron chi connectivity index (χ3n) is 4.10. The average Bonchev–Trinajstić information content (AvgIpc) is 3.10. The number of hydrogen-bond acceptors (Lipinski definition) is 7. The Morgan fingerprint density at radius 1 is 1.28 bits per heavy atom. The summed E-state index contributed by atoms with van der Waals surface area (Å²) in [4.78, 5) is 35.2. The molecule has 2 aromatic carbocycles. The number of aromatic amines is 1. The van der Waals surface area contributed by atoms with E-state index in [4.69, 9.17) is 16.3 Å². The molecule has 0 bridgehead atoms. The van der Waals surface area contributed by atoms with Crippen LogP contribution < -0.4 is 16.0 Å². The number of aliphatic imine (C=N–C) groups is 1. The quantitative estimate of drug-likeness (QED) is 0.485. The van der Waals surface area contributed by atoms with Gasteiger partial charge in [0.1, 0.15) is 11.3 Å². The van der Waals surface area contributed by atoms with Crippen LogP contribution in [-0.2, 0) is 0 Å². The third-order valence-corrected chi connectivity index (χ3v) is 5.35. The normalized spacial score (nSPS) is 11.4. The summed E-state index contributed by atoms with van der Waals surface area (Å²) in [6.07, 6.45) is 1.16. The summed E-state index contributed by atoms with van der Waals surface area (Å²) < 4.78 is 6.96. The minimum absolute atomic E-state index is 0.193. The number of benzene rings is 2. The van der Waals surface area contributed by atoms with Gasteiger partial charge in [0, 0.05) is 6.21 Å². The van der Waals surface area contributed by atoms with Gasteiger partial charge in [-0.2, -0.15) is 0 Å². The van der Waals surface area contributed by atoms with Crippen LogP contribution in [0.25, 0.3) is 15.9 Å². The zero-order chi connectivity index (χ0) is 20.5. The topological polar surface area (TPSA) is 110 Å². The number of hydrogen-bond donors (Lipinski definition) is 2. The van der Waals surface area contributed by atoms with Crippen LogP contribution in [0, 0.1) is 0 Å². The summed E-state index contributed by atoms with van der Waals surface area (Å²) in [5, 5.41) is 11.2. The number of aromatic nitrogens is 3. The third kappa shape index (κ3) is 3.53. The van der Waals surface area contributed by atoms with Crippen molar-refractivity contribution in [2.24, 2.45) is 4.99 Å². The van der Waals surface area contributed by atoms with Gasteiger partial charge in [0.25, 0.3) is 5.56 Å². The molecule has 0 unspecified atom stereocenters. The van der Waals surface area contributed by atoms with E-state index in [-0.39, 0.29) is 16.3 Å². The van der Waals surface area contributed by atoms with Crippen LogP contribution in [0.5, 0.6) is 11.6 Å². The van der Waals surface area contributed by atoms with Crippen LogP contribution in [0.3, 0.4) is 0 Å². The zero-order valence-electron chi connectivity index (χ0n) is 14.9. The fourth-order valence-corrected chi connectivity index (χ4v) is 3.77. The predicted octanol–water partition coefficient (Wildman–Crippen LogP) is 3.25. The molecule has 4 rings (SSSR count). The van der Waals surface area contributed by atoms with Crippen molar-refractivity contribution >= 4 is 44.5 Å². The first-order valence-electron chi connectivity index (χ1n) is 8.30. The molecule has 0 aliphatic heterocycles. The van der Waals surface area contributed by atoms with Gasteiger partial charge in [0.15, 0.2) is 0 Å². The number of para-hydroxylation sites is 1. The second-order valence-electron chi connectivity index (χ2n) is 5.87. The number of nitrogens with zero attached hydrogens (tertiary/aromatic N) is 3. The summed E-state index contributed by atoms with van der Waals surface area (Å²) >= 11 is 7.41. The van der Waals surface area contributed by atoms with E-state index in [9.17, 15) is 14.7 Å². The molecule has 146 valence electrons. The van der Waals surface area contributed by atoms with Crippen LogP contribution in [0.2, 0.25) is 5.02 Å². The summed E-state index contributed by atoms with van der Waals surface area (Å²) in [5.41, 5.74) is -0.828. The molecule has 0 atom stereocenters. The number of fused-ring (bicyclic) bond motifs is 1. The lowest BCUT2D eigenvalue weighted by atomic mass is 10.3. The van der Waals surface area contributed by atoms with E-state index in [1.165, 1.54) is 11.3 Å². The maximum absolute atomic E-state index is 12.2. The van der Waals surface area contributed by atoms with Gasteiger partial charge in [-0.3, -0.25) is 9.78 Å². The SMILES string of the molecule is COc1ccc2nc(N=Cc3c(O)n(-c4ccccc4Cl)c(=O)[nH]c3=O)sc2c1. The Labute approximate surface area is 172 Å². The zero-order valence-corrected chi connectivity index (χ0v) is 16.5. The molecule has 0 aliphatic rings. The van der Waals surface area contributed by atoms with Crippen molar-refractivity contribution in [1.29, 1.82) is 0 Å². The number of thiazole rings is 1. The van der Waals surface area contributed by atoms with Crippen molar-refractivity contribution in [3.8, 4) is 17.3 Å². The lowest BCUT2D eigenvalue weighted by Gasteiger charge is -2.10. The van der Waals surface area contributed by atoms with Gasteiger partial charge in [0.2, 0.25) is 11.0 Å². The molecule has 0 spiro atoms. The number of aromatic hydroxyl groups is 1. The maximum atomic E-state index is 12.2. The lowest BCUT2D eigenvalue weighted by molar-refractivity contribution is 0.415. The molecule has 0 aliphatic carbocycles. The first-order valence-corrected chi connectivity index (χ1v) is 9.49. The van der Waals surface area contributed by atoms with Gasteiger partial charge in [-0.25, -0.2) is 19.3 Å². The molecule has 0 fully saturated rings. The second kappa shape index (κ2) is 7.53. The first-order chi connectivity index (χ1) is 14.0. The Kier molecular flexibility index (Phi) is 4.91. The molecule has 2 heterocycles. The molecular formula is C19H13ClN4O4S. The molecule has 0 radical (unpaired) electrons. The average molecular weight is 429 g/mol. The van der Waals surface area contributed by atoms with Gasteiger partial charge in [-0.1, -0.05) is 35.1 Å². The fourth-order valence-electron chi connectivity index (χ4n) is 2.71. The molecule has 2 aromatic heterocycles. The second-order valence-corrected chi connectivity index (χ2v) is 7.29. The summed E-state index contributed by atoms with van der Waals surface area (Å²) in [5.74, 6) is 0.121. The monoisotopic (exact) mass is 428 g/mol. The Hall–Kier alpha value is -3.43. The molecule has 4 aromatic rings. The Morgan fingerprint density at radius 3 is 2.83 bits per heavy atom. The van der Waals surface area contributed by atoms with Crippen LogP contribution >= 0.6 is 22.9 Å². The standard InChI is InChI=1S/C19H13ClN4O4S/c1-28-10-6-7-13-15(8-10)29-18(22-13)21-9-11-16(25)23-19(27)24(17(11)26)14-5-3-2-4-12(14)20/h2-9,26H,1H3,(H,23,25,27). The fraction of sp³-hybridized carbons (Fsp3) is 0.0526. The van der Waals surface area contributed by atoms with Crippen molar-refractivity contribution in [3.63, 3.8) is 0 Å². The molecule has 0 saturated heterocycles.